The van der Waals surface area contributed by atoms with Gasteiger partial charge in [-0.25, -0.2) is 9.67 Å². The number of pyridine rings is 1. The molecule has 1 fully saturated rings. The third-order valence-electron chi connectivity index (χ3n) is 3.93. The minimum atomic E-state index is -1.06. The lowest BCUT2D eigenvalue weighted by molar-refractivity contribution is -0.166. The number of fused-ring (bicyclic) bond motifs is 1. The molecular weight excluding hydrogens is 396 g/mol. The molecule has 150 valence electrons. The van der Waals surface area contributed by atoms with E-state index in [1.165, 1.54) is 31.6 Å². The van der Waals surface area contributed by atoms with E-state index in [2.05, 4.69) is 15.3 Å². The maximum atomic E-state index is 11.7. The molecule has 11 nitrogen and oxygen atoms in total. The monoisotopic (exact) mass is 412 g/mol. The summed E-state index contributed by atoms with van der Waals surface area (Å²) in [5.74, 6) is -1.77. The van der Waals surface area contributed by atoms with Gasteiger partial charge in [-0.1, -0.05) is 16.8 Å². The zero-order chi connectivity index (χ0) is 20.4. The van der Waals surface area contributed by atoms with E-state index in [4.69, 9.17) is 30.5 Å². The van der Waals surface area contributed by atoms with Crippen LogP contribution in [0.5, 0.6) is 0 Å². The fourth-order valence-corrected chi connectivity index (χ4v) is 3.11. The minimum Gasteiger partial charge on any atom is -0.463 e. The normalized spacial score (nSPS) is 24.1. The lowest BCUT2D eigenvalue weighted by atomic mass is 10.1. The van der Waals surface area contributed by atoms with E-state index in [-0.39, 0.29) is 11.8 Å². The average Bonchev–Trinajstić information content (AvgIpc) is 3.16. The molecule has 0 amide bonds. The van der Waals surface area contributed by atoms with Gasteiger partial charge >= 0.3 is 17.9 Å². The molecule has 2 aromatic rings. The Hall–Kier alpha value is -2.79. The molecule has 2 aromatic heterocycles. The number of nitrogens with zero attached hydrogens (tertiary/aromatic N) is 4. The van der Waals surface area contributed by atoms with Gasteiger partial charge in [-0.2, -0.15) is 0 Å². The molecule has 4 atom stereocenters. The van der Waals surface area contributed by atoms with Crippen LogP contribution in [0.2, 0.25) is 5.15 Å². The van der Waals surface area contributed by atoms with Crippen molar-refractivity contribution in [2.24, 2.45) is 0 Å². The van der Waals surface area contributed by atoms with Gasteiger partial charge in [0.25, 0.3) is 0 Å². The molecule has 0 N–H and O–H groups in total. The highest BCUT2D eigenvalue weighted by Gasteiger charge is 2.51. The Labute approximate surface area is 163 Å². The summed E-state index contributed by atoms with van der Waals surface area (Å²) in [6.07, 6.45) is -2.52. The Bertz CT molecular complexity index is 918. The average molecular weight is 413 g/mol. The van der Waals surface area contributed by atoms with Crippen molar-refractivity contribution in [3.63, 3.8) is 0 Å². The van der Waals surface area contributed by atoms with E-state index in [0.29, 0.717) is 11.0 Å². The molecule has 12 heteroatoms. The SMILES string of the molecule is CC(=O)OC[C@H]1O[C@@H](n2nnc3c(Cl)nccc32)[C@@H](OC(C)=O)C1OC(C)=O. The van der Waals surface area contributed by atoms with Gasteiger partial charge in [0.05, 0.1) is 5.52 Å². The number of halogens is 1. The van der Waals surface area contributed by atoms with Crippen LogP contribution in [0.25, 0.3) is 11.0 Å². The van der Waals surface area contributed by atoms with E-state index in [9.17, 15) is 14.4 Å². The first kappa shape index (κ1) is 20.0. The number of hydrogen-bond acceptors (Lipinski definition) is 10. The molecule has 0 radical (unpaired) electrons. The third kappa shape index (κ3) is 4.04. The van der Waals surface area contributed by atoms with Gasteiger partial charge in [0.2, 0.25) is 0 Å². The second-order valence-corrected chi connectivity index (χ2v) is 6.38. The number of carbonyl (C=O) groups is 3. The molecule has 0 aromatic carbocycles. The number of esters is 3. The van der Waals surface area contributed by atoms with Crippen LogP contribution in [0.3, 0.4) is 0 Å². The maximum Gasteiger partial charge on any atom is 0.303 e. The first-order valence-corrected chi connectivity index (χ1v) is 8.64. The van der Waals surface area contributed by atoms with Crippen LogP contribution in [-0.2, 0) is 33.3 Å². The highest BCUT2D eigenvalue weighted by molar-refractivity contribution is 6.33. The van der Waals surface area contributed by atoms with Crippen LogP contribution in [-0.4, -0.2) is 62.8 Å². The fourth-order valence-electron chi connectivity index (χ4n) is 2.92. The van der Waals surface area contributed by atoms with Crippen LogP contribution >= 0.6 is 11.6 Å². The quantitative estimate of drug-likeness (QED) is 0.394. The maximum absolute atomic E-state index is 11.7. The van der Waals surface area contributed by atoms with Crippen LogP contribution in [0, 0.1) is 0 Å². The molecule has 1 saturated heterocycles. The van der Waals surface area contributed by atoms with Gasteiger partial charge in [-0.15, -0.1) is 5.10 Å². The zero-order valence-corrected chi connectivity index (χ0v) is 16.0. The molecule has 1 unspecified atom stereocenters. The summed E-state index contributed by atoms with van der Waals surface area (Å²) < 4.78 is 22.9. The highest BCUT2D eigenvalue weighted by atomic mass is 35.5. The largest absolute Gasteiger partial charge is 0.463 e. The molecule has 0 saturated carbocycles. The smallest absolute Gasteiger partial charge is 0.303 e. The standard InChI is InChI=1S/C16H17ClN4O7/c1-7(22)25-6-11-13(26-8(2)23)14(27-9(3)24)16(28-11)21-10-4-5-18-15(17)12(10)19-20-21/h4-5,11,13-14,16H,6H2,1-3H3/t11-,13?,14+,16-/m1/s1. The van der Waals surface area contributed by atoms with Crippen molar-refractivity contribution in [3.05, 3.63) is 17.4 Å². The fraction of sp³-hybridized carbons (Fsp3) is 0.500. The second kappa shape index (κ2) is 8.07. The second-order valence-electron chi connectivity index (χ2n) is 6.02. The molecule has 0 aliphatic carbocycles. The van der Waals surface area contributed by atoms with E-state index in [0.717, 1.165) is 0 Å². The van der Waals surface area contributed by atoms with Gasteiger partial charge in [0.15, 0.2) is 29.1 Å². The van der Waals surface area contributed by atoms with Gasteiger partial charge in [0, 0.05) is 27.0 Å². The topological polar surface area (TPSA) is 132 Å². The van der Waals surface area contributed by atoms with Crippen molar-refractivity contribution in [1.29, 1.82) is 0 Å². The minimum absolute atomic E-state index is 0.138. The lowest BCUT2D eigenvalue weighted by Crippen LogP contribution is -2.40. The van der Waals surface area contributed by atoms with Gasteiger partial charge in [-0.3, -0.25) is 14.4 Å². The third-order valence-corrected chi connectivity index (χ3v) is 4.20. The summed E-state index contributed by atoms with van der Waals surface area (Å²) in [4.78, 5) is 38.4. The van der Waals surface area contributed by atoms with Crippen LogP contribution in [0.1, 0.15) is 27.0 Å². The van der Waals surface area contributed by atoms with Gasteiger partial charge in [0.1, 0.15) is 12.7 Å². The van der Waals surface area contributed by atoms with Crippen molar-refractivity contribution in [1.82, 2.24) is 20.0 Å². The van der Waals surface area contributed by atoms with E-state index < -0.39 is 42.4 Å². The zero-order valence-electron chi connectivity index (χ0n) is 15.2. The predicted octanol–water partition coefficient (Wildman–Crippen LogP) is 0.804. The summed E-state index contributed by atoms with van der Waals surface area (Å²) in [6, 6.07) is 1.61. The Kier molecular flexibility index (Phi) is 5.75. The van der Waals surface area contributed by atoms with Gasteiger partial charge in [-0.05, 0) is 6.07 Å². The van der Waals surface area contributed by atoms with Crippen molar-refractivity contribution in [2.45, 2.75) is 45.3 Å². The molecular formula is C16H17ClN4O7. The number of aromatic nitrogens is 4. The van der Waals surface area contributed by atoms with Crippen molar-refractivity contribution >= 4 is 40.5 Å². The van der Waals surface area contributed by atoms with Gasteiger partial charge < -0.3 is 18.9 Å². The Morgan fingerprint density at radius 2 is 1.82 bits per heavy atom. The van der Waals surface area contributed by atoms with Crippen LogP contribution in [0.15, 0.2) is 12.3 Å². The summed E-state index contributed by atoms with van der Waals surface area (Å²) in [7, 11) is 0. The predicted molar refractivity (Wildman–Crippen MR) is 92.0 cm³/mol. The summed E-state index contributed by atoms with van der Waals surface area (Å²) in [6.45, 7) is 3.44. The highest BCUT2D eigenvalue weighted by Crippen LogP contribution is 2.36. The summed E-state index contributed by atoms with van der Waals surface area (Å²) in [5, 5.41) is 8.12. The lowest BCUT2D eigenvalue weighted by Gasteiger charge is -2.23. The molecule has 3 rings (SSSR count). The number of carbonyl (C=O) groups excluding carboxylic acids is 3. The van der Waals surface area contributed by atoms with E-state index in [1.807, 2.05) is 0 Å². The Morgan fingerprint density at radius 3 is 2.46 bits per heavy atom. The molecule has 1 aliphatic rings. The summed E-state index contributed by atoms with van der Waals surface area (Å²) in [5.41, 5.74) is 0.790. The first-order valence-electron chi connectivity index (χ1n) is 8.26. The summed E-state index contributed by atoms with van der Waals surface area (Å²) >= 11 is 6.03. The number of hydrogen-bond donors (Lipinski definition) is 0. The number of rotatable bonds is 5. The Balaban J connectivity index is 2.01. The van der Waals surface area contributed by atoms with Crippen molar-refractivity contribution in [2.75, 3.05) is 6.61 Å². The Morgan fingerprint density at radius 1 is 1.14 bits per heavy atom. The molecule has 0 bridgehead atoms. The van der Waals surface area contributed by atoms with Crippen LogP contribution < -0.4 is 0 Å². The van der Waals surface area contributed by atoms with Crippen molar-refractivity contribution < 1.29 is 33.3 Å². The van der Waals surface area contributed by atoms with E-state index >= 15 is 0 Å². The van der Waals surface area contributed by atoms with Crippen LogP contribution in [0.4, 0.5) is 0 Å². The molecule has 1 aliphatic heterocycles. The van der Waals surface area contributed by atoms with Crippen molar-refractivity contribution in [3.8, 4) is 0 Å². The molecule has 0 spiro atoms. The first-order chi connectivity index (χ1) is 13.3. The van der Waals surface area contributed by atoms with E-state index in [1.54, 1.807) is 6.07 Å². The molecule has 28 heavy (non-hydrogen) atoms. The molecule has 3 heterocycles. The number of ether oxygens (including phenoxy) is 4.